The third kappa shape index (κ3) is 10.5. The summed E-state index contributed by atoms with van der Waals surface area (Å²) in [5.41, 5.74) is -1.19. The number of aliphatic hydroxyl groups excluding tert-OH is 1. The third-order valence-electron chi connectivity index (χ3n) is 7.61. The molecule has 7 nitrogen and oxygen atoms in total. The molecule has 0 saturated carbocycles. The first-order valence-corrected chi connectivity index (χ1v) is 13.1. The number of piperidine rings is 2. The molecule has 0 radical (unpaired) electrons. The lowest BCUT2D eigenvalue weighted by molar-refractivity contribution is -0.143. The fourth-order valence-corrected chi connectivity index (χ4v) is 5.20. The maximum Gasteiger partial charge on any atom is 0.306 e. The van der Waals surface area contributed by atoms with Gasteiger partial charge in [0.15, 0.2) is 0 Å². The van der Waals surface area contributed by atoms with Crippen molar-refractivity contribution in [2.75, 3.05) is 19.6 Å². The van der Waals surface area contributed by atoms with Crippen LogP contribution in [0.5, 0.6) is 0 Å². The first-order valence-electron chi connectivity index (χ1n) is 13.1. The van der Waals surface area contributed by atoms with Crippen molar-refractivity contribution in [2.45, 2.75) is 133 Å². The van der Waals surface area contributed by atoms with Crippen molar-refractivity contribution < 1.29 is 20.1 Å². The van der Waals surface area contributed by atoms with Crippen LogP contribution < -0.4 is 16.0 Å². The molecule has 2 saturated heterocycles. The van der Waals surface area contributed by atoms with E-state index in [1.54, 1.807) is 0 Å². The van der Waals surface area contributed by atoms with Gasteiger partial charge in [0.05, 0.1) is 18.1 Å². The Labute approximate surface area is 195 Å². The van der Waals surface area contributed by atoms with Gasteiger partial charge >= 0.3 is 5.97 Å². The van der Waals surface area contributed by atoms with E-state index in [0.717, 1.165) is 58.0 Å². The normalized spacial score (nSPS) is 27.7. The largest absolute Gasteiger partial charge is 0.481 e. The van der Waals surface area contributed by atoms with Gasteiger partial charge in [-0.25, -0.2) is 0 Å². The minimum Gasteiger partial charge on any atom is -0.481 e. The summed E-state index contributed by atoms with van der Waals surface area (Å²) in [7, 11) is 0. The second kappa shape index (κ2) is 13.9. The van der Waals surface area contributed by atoms with E-state index in [2.05, 4.69) is 29.8 Å². The number of aliphatic hydroxyl groups is 2. The molecule has 7 heteroatoms. The maximum atomic E-state index is 11.3. The van der Waals surface area contributed by atoms with Crippen LogP contribution in [0.25, 0.3) is 0 Å². The number of carboxylic acids is 1. The summed E-state index contributed by atoms with van der Waals surface area (Å²) in [5.74, 6) is -0.930. The van der Waals surface area contributed by atoms with Gasteiger partial charge in [0.1, 0.15) is 0 Å². The molecule has 0 bridgehead atoms. The van der Waals surface area contributed by atoms with Crippen molar-refractivity contribution in [1.29, 1.82) is 0 Å². The third-order valence-corrected chi connectivity index (χ3v) is 7.61. The summed E-state index contributed by atoms with van der Waals surface area (Å²) >= 11 is 0. The molecule has 4 atom stereocenters. The van der Waals surface area contributed by atoms with Crippen molar-refractivity contribution in [2.24, 2.45) is 0 Å². The van der Waals surface area contributed by atoms with Crippen LogP contribution in [0.15, 0.2) is 0 Å². The summed E-state index contributed by atoms with van der Waals surface area (Å²) in [5, 5.41) is 40.4. The lowest BCUT2D eigenvalue weighted by Gasteiger charge is -2.38. The maximum absolute atomic E-state index is 11.3. The molecule has 0 aromatic carbocycles. The Balaban J connectivity index is 1.55. The molecule has 4 unspecified atom stereocenters. The number of hydrogen-bond donors (Lipinski definition) is 6. The first kappa shape index (κ1) is 27.5. The Bertz CT molecular complexity index is 541. The molecule has 188 valence electrons. The van der Waals surface area contributed by atoms with Crippen LogP contribution >= 0.6 is 0 Å². The Morgan fingerprint density at radius 2 is 1.69 bits per heavy atom. The molecule has 0 amide bonds. The molecule has 0 aromatic rings. The zero-order valence-electron chi connectivity index (χ0n) is 20.5. The van der Waals surface area contributed by atoms with Gasteiger partial charge < -0.3 is 31.3 Å². The SMILES string of the molecule is CC1NC(CCCCCCCCCC(O)(CNC2(C)CCNCC2)CC(=O)O)CCC1O. The summed E-state index contributed by atoms with van der Waals surface area (Å²) < 4.78 is 0. The van der Waals surface area contributed by atoms with Crippen LogP contribution in [-0.4, -0.2) is 70.3 Å². The molecule has 0 spiro atoms. The molecule has 32 heavy (non-hydrogen) atoms. The van der Waals surface area contributed by atoms with E-state index in [4.69, 9.17) is 0 Å². The Kier molecular flexibility index (Phi) is 11.9. The highest BCUT2D eigenvalue weighted by Crippen LogP contribution is 2.24. The topological polar surface area (TPSA) is 114 Å². The van der Waals surface area contributed by atoms with Gasteiger partial charge in [0.2, 0.25) is 0 Å². The number of hydrogen-bond acceptors (Lipinski definition) is 6. The number of rotatable bonds is 15. The van der Waals surface area contributed by atoms with Crippen molar-refractivity contribution in [3.8, 4) is 0 Å². The molecule has 0 aliphatic carbocycles. The van der Waals surface area contributed by atoms with Crippen LogP contribution in [0.4, 0.5) is 0 Å². The van der Waals surface area contributed by atoms with E-state index >= 15 is 0 Å². The highest BCUT2D eigenvalue weighted by Gasteiger charge is 2.34. The molecular formula is C25H49N3O4. The fraction of sp³-hybridized carbons (Fsp3) is 0.960. The van der Waals surface area contributed by atoms with Crippen LogP contribution in [0.3, 0.4) is 0 Å². The highest BCUT2D eigenvalue weighted by atomic mass is 16.4. The predicted molar refractivity (Wildman–Crippen MR) is 129 cm³/mol. The molecule has 2 fully saturated rings. The molecule has 2 rings (SSSR count). The Hall–Kier alpha value is -0.730. The highest BCUT2D eigenvalue weighted by molar-refractivity contribution is 5.68. The Morgan fingerprint density at radius 3 is 2.31 bits per heavy atom. The number of β-amino-alcohol motifs (C(OH)–C–C–N with tert-alkyl or cyclic N) is 1. The monoisotopic (exact) mass is 455 g/mol. The van der Waals surface area contributed by atoms with E-state index in [0.29, 0.717) is 19.0 Å². The number of nitrogens with one attached hydrogen (secondary N) is 3. The smallest absolute Gasteiger partial charge is 0.306 e. The molecule has 6 N–H and O–H groups in total. The van der Waals surface area contributed by atoms with Crippen molar-refractivity contribution >= 4 is 5.97 Å². The quantitative estimate of drug-likeness (QED) is 0.210. The van der Waals surface area contributed by atoms with Gasteiger partial charge in [0, 0.05) is 24.2 Å². The molecule has 0 aromatic heterocycles. The van der Waals surface area contributed by atoms with E-state index in [1.807, 2.05) is 0 Å². The van der Waals surface area contributed by atoms with E-state index in [-0.39, 0.29) is 24.1 Å². The molecular weight excluding hydrogens is 406 g/mol. The van der Waals surface area contributed by atoms with Gasteiger partial charge in [-0.05, 0) is 65.5 Å². The molecule has 2 aliphatic rings. The van der Waals surface area contributed by atoms with Crippen LogP contribution in [0.2, 0.25) is 0 Å². The van der Waals surface area contributed by atoms with Gasteiger partial charge in [-0.2, -0.15) is 0 Å². The van der Waals surface area contributed by atoms with E-state index in [1.165, 1.54) is 32.1 Å². The van der Waals surface area contributed by atoms with Gasteiger partial charge in [0.25, 0.3) is 0 Å². The van der Waals surface area contributed by atoms with Crippen LogP contribution in [0, 0.1) is 0 Å². The second-order valence-electron chi connectivity index (χ2n) is 10.8. The number of carboxylic acid groups (broad SMARTS) is 1. The lowest BCUT2D eigenvalue weighted by Crippen LogP contribution is -2.55. The minimum absolute atomic E-state index is 0.0251. The summed E-state index contributed by atoms with van der Waals surface area (Å²) in [6.45, 7) is 6.50. The van der Waals surface area contributed by atoms with Gasteiger partial charge in [-0.3, -0.25) is 4.79 Å². The molecule has 2 heterocycles. The average Bonchev–Trinajstić information content (AvgIpc) is 2.74. The van der Waals surface area contributed by atoms with E-state index in [9.17, 15) is 20.1 Å². The van der Waals surface area contributed by atoms with Crippen molar-refractivity contribution in [3.63, 3.8) is 0 Å². The summed E-state index contributed by atoms with van der Waals surface area (Å²) in [6.07, 6.45) is 13.3. The zero-order chi connectivity index (χ0) is 23.5. The number of aliphatic carboxylic acids is 1. The second-order valence-corrected chi connectivity index (χ2v) is 10.8. The zero-order valence-corrected chi connectivity index (χ0v) is 20.5. The summed E-state index contributed by atoms with van der Waals surface area (Å²) in [4.78, 5) is 11.3. The van der Waals surface area contributed by atoms with Gasteiger partial charge in [-0.15, -0.1) is 0 Å². The van der Waals surface area contributed by atoms with Crippen molar-refractivity contribution in [1.82, 2.24) is 16.0 Å². The first-order chi connectivity index (χ1) is 15.2. The number of carbonyl (C=O) groups is 1. The minimum atomic E-state index is -1.17. The summed E-state index contributed by atoms with van der Waals surface area (Å²) in [6, 6.07) is 0.771. The lowest BCUT2D eigenvalue weighted by atomic mass is 9.87. The Morgan fingerprint density at radius 1 is 1.06 bits per heavy atom. The van der Waals surface area contributed by atoms with Crippen molar-refractivity contribution in [3.05, 3.63) is 0 Å². The standard InChI is InChI=1S/C25H49N3O4/c1-20-22(29)12-11-21(28-20)10-8-6-4-3-5-7-9-13-25(32,18-23(30)31)19-27-24(2)14-16-26-17-15-24/h20-22,26-29,32H,3-19H2,1-2H3,(H,30,31). The molecule has 2 aliphatic heterocycles. The van der Waals surface area contributed by atoms with Crippen LogP contribution in [-0.2, 0) is 4.79 Å². The fourth-order valence-electron chi connectivity index (χ4n) is 5.20. The van der Waals surface area contributed by atoms with Crippen LogP contribution in [0.1, 0.15) is 104 Å². The average molecular weight is 456 g/mol. The van der Waals surface area contributed by atoms with E-state index < -0.39 is 11.6 Å². The number of unbranched alkanes of at least 4 members (excludes halogenated alkanes) is 6. The predicted octanol–water partition coefficient (Wildman–Crippen LogP) is 2.94. The van der Waals surface area contributed by atoms with Gasteiger partial charge in [-0.1, -0.05) is 44.9 Å².